The molecule has 0 saturated heterocycles. The molecule has 2 N–H and O–H groups in total. The quantitative estimate of drug-likeness (QED) is 0.0743. The first kappa shape index (κ1) is 29.4. The fourth-order valence-corrected chi connectivity index (χ4v) is 5.85. The number of rotatable bonds is 18. The van der Waals surface area contributed by atoms with Crippen LogP contribution in [0.1, 0.15) is 118 Å². The van der Waals surface area contributed by atoms with Crippen LogP contribution in [-0.4, -0.2) is 36.2 Å². The highest BCUT2D eigenvalue weighted by atomic mass is 28.3. The van der Waals surface area contributed by atoms with Crippen molar-refractivity contribution in [3.8, 4) is 0 Å². The van der Waals surface area contributed by atoms with Crippen LogP contribution in [-0.2, 0) is 0 Å². The number of azide groups is 1. The van der Waals surface area contributed by atoms with Crippen molar-refractivity contribution in [2.75, 3.05) is 0 Å². The summed E-state index contributed by atoms with van der Waals surface area (Å²) >= 11 is 0. The third-order valence-corrected chi connectivity index (χ3v) is 12.9. The van der Waals surface area contributed by atoms with E-state index in [4.69, 9.17) is 5.53 Å². The van der Waals surface area contributed by atoms with Crippen LogP contribution in [0, 0.1) is 0 Å². The minimum atomic E-state index is -2.13. The molecular formula is C24H51N3O2Si. The van der Waals surface area contributed by atoms with Crippen LogP contribution in [0.2, 0.25) is 18.1 Å². The highest BCUT2D eigenvalue weighted by Gasteiger charge is 2.46. The largest absolute Gasteiger partial charge is 0.396 e. The summed E-state index contributed by atoms with van der Waals surface area (Å²) in [5.74, 6) is 0. The van der Waals surface area contributed by atoms with Crippen LogP contribution in [0.3, 0.4) is 0 Å². The van der Waals surface area contributed by atoms with Gasteiger partial charge in [-0.25, -0.2) is 0 Å². The van der Waals surface area contributed by atoms with Gasteiger partial charge >= 0.3 is 0 Å². The monoisotopic (exact) mass is 441 g/mol. The van der Waals surface area contributed by atoms with Gasteiger partial charge in [-0.15, -0.1) is 0 Å². The Balaban J connectivity index is 4.04. The zero-order valence-electron chi connectivity index (χ0n) is 20.9. The molecule has 5 nitrogen and oxygen atoms in total. The molecule has 0 aromatic rings. The molecule has 3 atom stereocenters. The van der Waals surface area contributed by atoms with E-state index in [-0.39, 0.29) is 5.04 Å². The molecule has 0 aliphatic heterocycles. The Morgan fingerprint density at radius 2 is 1.20 bits per heavy atom. The van der Waals surface area contributed by atoms with Gasteiger partial charge < -0.3 is 10.2 Å². The summed E-state index contributed by atoms with van der Waals surface area (Å²) in [6.07, 6.45) is 16.6. The molecule has 0 fully saturated rings. The van der Waals surface area contributed by atoms with E-state index in [9.17, 15) is 10.2 Å². The van der Waals surface area contributed by atoms with E-state index in [0.717, 1.165) is 12.8 Å². The molecule has 0 bridgehead atoms. The number of aliphatic hydroxyl groups excluding tert-OH is 2. The van der Waals surface area contributed by atoms with Gasteiger partial charge in [-0.2, -0.15) is 0 Å². The van der Waals surface area contributed by atoms with Gasteiger partial charge in [0.15, 0.2) is 0 Å². The average Bonchev–Trinajstić information content (AvgIpc) is 2.68. The van der Waals surface area contributed by atoms with Crippen LogP contribution in [0.4, 0.5) is 0 Å². The Labute approximate surface area is 187 Å². The van der Waals surface area contributed by atoms with Gasteiger partial charge in [-0.3, -0.25) is 0 Å². The van der Waals surface area contributed by atoms with E-state index in [1.54, 1.807) is 0 Å². The average molecular weight is 442 g/mol. The molecule has 0 spiro atoms. The summed E-state index contributed by atoms with van der Waals surface area (Å²) in [4.78, 5) is 2.91. The van der Waals surface area contributed by atoms with Crippen molar-refractivity contribution in [2.24, 2.45) is 5.11 Å². The van der Waals surface area contributed by atoms with Gasteiger partial charge in [-0.1, -0.05) is 129 Å². The number of aliphatic hydroxyl groups is 2. The maximum atomic E-state index is 10.9. The first-order chi connectivity index (χ1) is 14.1. The Morgan fingerprint density at radius 1 is 0.800 bits per heavy atom. The summed E-state index contributed by atoms with van der Waals surface area (Å²) in [5.41, 5.74) is 8.19. The molecule has 178 valence electrons. The van der Waals surface area contributed by atoms with E-state index in [0.29, 0.717) is 6.42 Å². The van der Waals surface area contributed by atoms with Crippen molar-refractivity contribution >= 4 is 8.07 Å². The predicted octanol–water partition coefficient (Wildman–Crippen LogP) is 7.92. The molecule has 0 saturated carbocycles. The van der Waals surface area contributed by atoms with E-state index < -0.39 is 25.9 Å². The van der Waals surface area contributed by atoms with E-state index in [1.807, 2.05) is 0 Å². The molecule has 0 aliphatic rings. The van der Waals surface area contributed by atoms with Crippen molar-refractivity contribution < 1.29 is 10.2 Å². The van der Waals surface area contributed by atoms with Crippen molar-refractivity contribution in [1.82, 2.24) is 0 Å². The van der Waals surface area contributed by atoms with Crippen molar-refractivity contribution in [1.29, 1.82) is 0 Å². The normalized spacial score (nSPS) is 15.5. The third-order valence-electron chi connectivity index (χ3n) is 7.18. The SMILES string of the molecule is CCCCCCCCCCCCCCCC(O)C(N=[N+]=[N-])C(O)[Si](C)(C)C(C)(C)C. The summed E-state index contributed by atoms with van der Waals surface area (Å²) in [5, 5.41) is 25.3. The molecule has 0 aromatic heterocycles. The minimum absolute atomic E-state index is 0.0368. The third kappa shape index (κ3) is 11.7. The Bertz CT molecular complexity index is 474. The second kappa shape index (κ2) is 16.1. The fraction of sp³-hybridized carbons (Fsp3) is 1.00. The predicted molar refractivity (Wildman–Crippen MR) is 132 cm³/mol. The van der Waals surface area contributed by atoms with Crippen LogP contribution in [0.5, 0.6) is 0 Å². The van der Waals surface area contributed by atoms with E-state index >= 15 is 0 Å². The fourth-order valence-electron chi connectivity index (χ4n) is 3.82. The lowest BCUT2D eigenvalue weighted by Gasteiger charge is -2.43. The van der Waals surface area contributed by atoms with Crippen molar-refractivity contribution in [3.63, 3.8) is 0 Å². The Kier molecular flexibility index (Phi) is 15.8. The second-order valence-corrected chi connectivity index (χ2v) is 16.2. The first-order valence-corrected chi connectivity index (χ1v) is 15.6. The lowest BCUT2D eigenvalue weighted by Crippen LogP contribution is -2.56. The maximum absolute atomic E-state index is 10.9. The number of unbranched alkanes of at least 4 members (excludes halogenated alkanes) is 12. The van der Waals surface area contributed by atoms with Crippen LogP contribution in [0.25, 0.3) is 10.4 Å². The highest BCUT2D eigenvalue weighted by Crippen LogP contribution is 2.40. The number of nitrogens with zero attached hydrogens (tertiary/aromatic N) is 3. The summed E-state index contributed by atoms with van der Waals surface area (Å²) in [7, 11) is -2.13. The topological polar surface area (TPSA) is 89.2 Å². The molecular weight excluding hydrogens is 390 g/mol. The lowest BCUT2D eigenvalue weighted by molar-refractivity contribution is 0.0781. The smallest absolute Gasteiger partial charge is 0.0871 e. The molecule has 0 rings (SSSR count). The highest BCUT2D eigenvalue weighted by molar-refractivity contribution is 6.81. The first-order valence-electron chi connectivity index (χ1n) is 12.5. The molecule has 6 heteroatoms. The van der Waals surface area contributed by atoms with E-state index in [2.05, 4.69) is 50.8 Å². The Morgan fingerprint density at radius 3 is 1.57 bits per heavy atom. The summed E-state index contributed by atoms with van der Waals surface area (Å²) in [6, 6.07) is -0.742. The number of hydrogen-bond donors (Lipinski definition) is 2. The van der Waals surface area contributed by atoms with Crippen molar-refractivity contribution in [3.05, 3.63) is 10.4 Å². The van der Waals surface area contributed by atoms with Gasteiger partial charge in [0.05, 0.1) is 25.9 Å². The maximum Gasteiger partial charge on any atom is 0.0871 e. The summed E-state index contributed by atoms with van der Waals surface area (Å²) in [6.45, 7) is 12.8. The molecule has 30 heavy (non-hydrogen) atoms. The molecule has 0 amide bonds. The van der Waals surface area contributed by atoms with Crippen LogP contribution in [0.15, 0.2) is 5.11 Å². The second-order valence-electron chi connectivity index (χ2n) is 10.7. The van der Waals surface area contributed by atoms with Crippen LogP contribution >= 0.6 is 0 Å². The van der Waals surface area contributed by atoms with Crippen molar-refractivity contribution in [2.45, 2.75) is 154 Å². The van der Waals surface area contributed by atoms with E-state index in [1.165, 1.54) is 70.6 Å². The van der Waals surface area contributed by atoms with Gasteiger partial charge in [0.1, 0.15) is 0 Å². The number of hydrogen-bond acceptors (Lipinski definition) is 3. The molecule has 3 unspecified atom stereocenters. The van der Waals surface area contributed by atoms with Gasteiger partial charge in [-0.05, 0) is 17.0 Å². The van der Waals surface area contributed by atoms with Gasteiger partial charge in [0.2, 0.25) is 0 Å². The zero-order valence-corrected chi connectivity index (χ0v) is 21.9. The molecule has 0 radical (unpaired) electrons. The van der Waals surface area contributed by atoms with Gasteiger partial charge in [0, 0.05) is 4.91 Å². The zero-order chi connectivity index (χ0) is 23.0. The molecule has 0 aliphatic carbocycles. The standard InChI is InChI=1S/C24H51N3O2Si/c1-7-8-9-10-11-12-13-14-15-16-17-18-19-20-21(28)22(26-27-25)23(29)30(5,6)24(2,3)4/h21-23,28-29H,7-20H2,1-6H3. The van der Waals surface area contributed by atoms with Crippen LogP contribution < -0.4 is 0 Å². The minimum Gasteiger partial charge on any atom is -0.396 e. The summed E-state index contributed by atoms with van der Waals surface area (Å²) < 4.78 is 0. The lowest BCUT2D eigenvalue weighted by atomic mass is 10.0. The molecule has 0 heterocycles. The Hall–Kier alpha value is -0.553. The molecule has 0 aromatic carbocycles. The van der Waals surface area contributed by atoms with Gasteiger partial charge in [0.25, 0.3) is 0 Å².